The van der Waals surface area contributed by atoms with Crippen molar-refractivity contribution in [2.45, 2.75) is 26.2 Å². The van der Waals surface area contributed by atoms with Gasteiger partial charge in [-0.1, -0.05) is 81.4 Å². The summed E-state index contributed by atoms with van der Waals surface area (Å²) < 4.78 is 14.8. The Bertz CT molecular complexity index is 2630. The molecule has 0 radical (unpaired) electrons. The Labute approximate surface area is 297 Å². The summed E-state index contributed by atoms with van der Waals surface area (Å²) >= 11 is 0. The molecule has 0 aliphatic carbocycles. The molecule has 8 heteroatoms. The first kappa shape index (κ1) is 30.8. The molecule has 0 saturated carbocycles. The Hall–Kier alpha value is -5.52. The van der Waals surface area contributed by atoms with E-state index >= 15 is 0 Å². The molecule has 4 heterocycles. The zero-order chi connectivity index (χ0) is 32.4. The zero-order valence-electron chi connectivity index (χ0n) is 27.0. The predicted molar refractivity (Wildman–Crippen MR) is 187 cm³/mol. The fourth-order valence-corrected chi connectivity index (χ4v) is 6.48. The zero-order valence-corrected chi connectivity index (χ0v) is 29.3. The van der Waals surface area contributed by atoms with Crippen molar-refractivity contribution in [1.29, 1.82) is 0 Å². The average Bonchev–Trinajstić information content (AvgIpc) is 3.78. The van der Waals surface area contributed by atoms with Gasteiger partial charge in [0.25, 0.3) is 6.33 Å². The van der Waals surface area contributed by atoms with Gasteiger partial charge >= 0.3 is 0 Å². The number of benzene rings is 5. The van der Waals surface area contributed by atoms with Crippen LogP contribution >= 0.6 is 0 Å². The van der Waals surface area contributed by atoms with Gasteiger partial charge in [0.2, 0.25) is 5.78 Å². The van der Waals surface area contributed by atoms with E-state index in [0.29, 0.717) is 11.5 Å². The summed E-state index contributed by atoms with van der Waals surface area (Å²) in [6, 6.07) is 47.8. The Kier molecular flexibility index (Phi) is 7.46. The normalized spacial score (nSPS) is 11.8. The van der Waals surface area contributed by atoms with Gasteiger partial charge in [0, 0.05) is 44.4 Å². The molecule has 5 aromatic carbocycles. The molecule has 0 amide bonds. The molecule has 242 valence electrons. The second-order valence-electron chi connectivity index (χ2n) is 12.9. The van der Waals surface area contributed by atoms with E-state index in [0.717, 1.165) is 61.6 Å². The molecule has 0 spiro atoms. The summed E-state index contributed by atoms with van der Waals surface area (Å²) in [6.45, 7) is 6.61. The molecule has 0 atom stereocenters. The van der Waals surface area contributed by atoms with Gasteiger partial charge in [-0.15, -0.1) is 30.3 Å². The number of nitrogens with zero attached hydrogens (tertiary/aromatic N) is 6. The number of ether oxygens (including phenoxy) is 1. The maximum absolute atomic E-state index is 6.47. The van der Waals surface area contributed by atoms with E-state index in [9.17, 15) is 0 Å². The monoisotopic (exact) mass is 817 g/mol. The minimum Gasteiger partial charge on any atom is -0.510 e. The van der Waals surface area contributed by atoms with Crippen LogP contribution in [0.4, 0.5) is 0 Å². The summed E-state index contributed by atoms with van der Waals surface area (Å²) in [5.41, 5.74) is 9.43. The second kappa shape index (κ2) is 11.9. The standard InChI is InChI=1S/C41H30N6O.Pt/c1-41(2,3)33-23-24-42-39-38(33)43-40-46(29-15-8-5-9-16-29)36-22-21-32(26-37(36)47(39)40)48-31-18-12-17-30(25-31)45-27-44(28-13-6-4-7-14-28)34-19-10-11-20-35(34)45;/h4-24H,1-3H3;/q-2;. The first-order valence-electron chi connectivity index (χ1n) is 15.9. The second-order valence-corrected chi connectivity index (χ2v) is 12.9. The molecule has 49 heavy (non-hydrogen) atoms. The van der Waals surface area contributed by atoms with Crippen molar-refractivity contribution in [3.8, 4) is 28.6 Å². The topological polar surface area (TPSA) is 53.2 Å². The molecule has 0 unspecified atom stereocenters. The van der Waals surface area contributed by atoms with Crippen molar-refractivity contribution >= 4 is 39.0 Å². The maximum Gasteiger partial charge on any atom is 0.268 e. The summed E-state index contributed by atoms with van der Waals surface area (Å²) in [4.78, 5) is 10.0. The van der Waals surface area contributed by atoms with Gasteiger partial charge in [-0.25, -0.2) is 9.97 Å². The van der Waals surface area contributed by atoms with E-state index in [1.807, 2.05) is 83.6 Å². The summed E-state index contributed by atoms with van der Waals surface area (Å²) in [5, 5.41) is 0. The molecule has 0 fully saturated rings. The Balaban J connectivity index is 0.00000348. The number of para-hydroxylation sites is 4. The van der Waals surface area contributed by atoms with Gasteiger partial charge in [0.1, 0.15) is 5.52 Å². The number of rotatable bonds is 5. The van der Waals surface area contributed by atoms with Crippen LogP contribution in [0.2, 0.25) is 0 Å². The molecule has 7 nitrogen and oxygen atoms in total. The number of pyridine rings is 1. The molecular formula is C41H30N6OPt-2. The van der Waals surface area contributed by atoms with E-state index in [4.69, 9.17) is 14.7 Å². The van der Waals surface area contributed by atoms with Gasteiger partial charge in [-0.05, 0) is 58.0 Å². The van der Waals surface area contributed by atoms with Crippen molar-refractivity contribution in [3.05, 3.63) is 152 Å². The minimum absolute atomic E-state index is 0. The van der Waals surface area contributed by atoms with E-state index < -0.39 is 0 Å². The van der Waals surface area contributed by atoms with Crippen LogP contribution in [-0.4, -0.2) is 23.5 Å². The third kappa shape index (κ3) is 5.13. The van der Waals surface area contributed by atoms with Crippen LogP contribution in [0.3, 0.4) is 0 Å². The van der Waals surface area contributed by atoms with Crippen molar-refractivity contribution in [3.63, 3.8) is 0 Å². The average molecular weight is 818 g/mol. The largest absolute Gasteiger partial charge is 0.510 e. The maximum atomic E-state index is 6.47. The Morgan fingerprint density at radius 1 is 0.714 bits per heavy atom. The number of hydrogen-bond donors (Lipinski definition) is 0. The summed E-state index contributed by atoms with van der Waals surface area (Å²) in [5.74, 6) is 1.92. The van der Waals surface area contributed by atoms with Crippen LogP contribution in [-0.2, 0) is 26.5 Å². The van der Waals surface area contributed by atoms with Crippen molar-refractivity contribution in [2.24, 2.45) is 0 Å². The van der Waals surface area contributed by atoms with Gasteiger partial charge in [0.15, 0.2) is 5.65 Å². The van der Waals surface area contributed by atoms with Crippen molar-refractivity contribution in [1.82, 2.24) is 23.5 Å². The minimum atomic E-state index is -0.102. The summed E-state index contributed by atoms with van der Waals surface area (Å²) in [7, 11) is 0. The van der Waals surface area contributed by atoms with Gasteiger partial charge in [0.05, 0.1) is 16.7 Å². The number of imidazole rings is 3. The van der Waals surface area contributed by atoms with Crippen LogP contribution in [0.5, 0.6) is 11.5 Å². The smallest absolute Gasteiger partial charge is 0.268 e. The molecule has 9 aromatic rings. The first-order chi connectivity index (χ1) is 23.4. The quantitative estimate of drug-likeness (QED) is 0.129. The molecule has 0 aliphatic rings. The molecule has 0 bridgehead atoms. The number of aromatic nitrogens is 6. The molecule has 0 saturated heterocycles. The first-order valence-corrected chi connectivity index (χ1v) is 15.9. The van der Waals surface area contributed by atoms with E-state index in [1.165, 1.54) is 0 Å². The summed E-state index contributed by atoms with van der Waals surface area (Å²) in [6.07, 6.45) is 5.39. The van der Waals surface area contributed by atoms with Gasteiger partial charge < -0.3 is 13.9 Å². The van der Waals surface area contributed by atoms with Gasteiger partial charge in [-0.3, -0.25) is 8.97 Å². The number of hydrogen-bond acceptors (Lipinski definition) is 3. The van der Waals surface area contributed by atoms with E-state index in [2.05, 4.69) is 101 Å². The Morgan fingerprint density at radius 2 is 1.45 bits per heavy atom. The number of fused-ring (bicyclic) bond motifs is 6. The molecule has 9 rings (SSSR count). The molecule has 0 N–H and O–H groups in total. The van der Waals surface area contributed by atoms with Crippen molar-refractivity contribution < 1.29 is 30.4 Å². The fraction of sp³-hybridized carbons (Fsp3) is 0.0976. The molecule has 0 aliphatic heterocycles. The molecular weight excluding hydrogens is 788 g/mol. The van der Waals surface area contributed by atoms with Crippen molar-refractivity contribution in [2.75, 3.05) is 0 Å². The molecule has 4 aromatic heterocycles. The van der Waals surface area contributed by atoms with Crippen LogP contribution in [0.15, 0.2) is 128 Å². The van der Waals surface area contributed by atoms with Crippen LogP contribution in [0.1, 0.15) is 26.3 Å². The van der Waals surface area contributed by atoms with E-state index in [1.54, 1.807) is 0 Å². The third-order valence-electron chi connectivity index (χ3n) is 8.68. The fourth-order valence-electron chi connectivity index (χ4n) is 6.48. The SMILES string of the molecule is CC(C)(C)c1ccnc2c1nc1n(-c3ccccc3)c3ccc(Oc4[c-]c(-n5[c-][n+](-c6ccccc6)c6ccccc65)ccc4)[c-]c3n21.[Pt]. The van der Waals surface area contributed by atoms with Gasteiger partial charge in [-0.2, -0.15) is 12.1 Å². The van der Waals surface area contributed by atoms with Crippen LogP contribution < -0.4 is 9.30 Å². The third-order valence-corrected chi connectivity index (χ3v) is 8.68. The predicted octanol–water partition coefficient (Wildman–Crippen LogP) is 8.53. The Morgan fingerprint density at radius 3 is 2.24 bits per heavy atom. The van der Waals surface area contributed by atoms with Crippen LogP contribution in [0, 0.1) is 18.5 Å². The van der Waals surface area contributed by atoms with Crippen LogP contribution in [0.25, 0.3) is 56.1 Å². The van der Waals surface area contributed by atoms with E-state index in [-0.39, 0.29) is 26.5 Å².